The van der Waals surface area contributed by atoms with Crippen molar-refractivity contribution in [1.29, 1.82) is 0 Å². The number of hydrogen-bond acceptors (Lipinski definition) is 7. The summed E-state index contributed by atoms with van der Waals surface area (Å²) in [6.07, 6.45) is 0. The zero-order valence-electron chi connectivity index (χ0n) is 17.1. The van der Waals surface area contributed by atoms with Crippen LogP contribution in [-0.2, 0) is 4.79 Å². The number of ether oxygens (including phenoxy) is 3. The summed E-state index contributed by atoms with van der Waals surface area (Å²) in [6.45, 7) is 7.77. The second-order valence-electron chi connectivity index (χ2n) is 4.42. The normalized spacial score (nSPS) is 7.70. The van der Waals surface area contributed by atoms with E-state index in [1.54, 1.807) is 39.5 Å². The summed E-state index contributed by atoms with van der Waals surface area (Å²) >= 11 is 6.59. The van der Waals surface area contributed by atoms with Crippen LogP contribution in [0.25, 0.3) is 4.85 Å². The number of carboxylic acids is 1. The van der Waals surface area contributed by atoms with E-state index in [4.69, 9.17) is 35.9 Å². The van der Waals surface area contributed by atoms with Crippen molar-refractivity contribution in [2.24, 2.45) is 5.90 Å². The SMILES string of the molecule is CC(=O)[O-].COc1ccc(Br)c(OC)c1.Cl.NO.[C-]#[N+]c1cc(OC)ccc1Br.[Na+]. The van der Waals surface area contributed by atoms with Crippen LogP contribution in [0.4, 0.5) is 5.69 Å². The molecule has 0 saturated carbocycles. The Bertz CT molecular complexity index is 775. The van der Waals surface area contributed by atoms with Crippen molar-refractivity contribution in [3.05, 3.63) is 56.8 Å². The number of hydrogen-bond donors (Lipinski definition) is 2. The Kier molecular flexibility index (Phi) is 27.4. The molecule has 0 amide bonds. The van der Waals surface area contributed by atoms with Gasteiger partial charge in [0, 0.05) is 16.5 Å². The summed E-state index contributed by atoms with van der Waals surface area (Å²) in [4.78, 5) is 12.2. The van der Waals surface area contributed by atoms with Gasteiger partial charge in [0.1, 0.15) is 17.2 Å². The van der Waals surface area contributed by atoms with Crippen molar-refractivity contribution in [3.63, 3.8) is 0 Å². The van der Waals surface area contributed by atoms with E-state index >= 15 is 0 Å². The number of carbonyl (C=O) groups excluding carboxylic acids is 1. The van der Waals surface area contributed by atoms with Crippen LogP contribution in [0.15, 0.2) is 45.3 Å². The molecule has 0 radical (unpaired) electrons. The first-order valence-electron chi connectivity index (χ1n) is 7.30. The molecule has 8 nitrogen and oxygen atoms in total. The summed E-state index contributed by atoms with van der Waals surface area (Å²) < 4.78 is 16.7. The van der Waals surface area contributed by atoms with Gasteiger partial charge in [-0.25, -0.2) is 10.7 Å². The van der Waals surface area contributed by atoms with Crippen LogP contribution in [0, 0.1) is 6.57 Å². The summed E-state index contributed by atoms with van der Waals surface area (Å²) in [5, 5.41) is 15.4. The van der Waals surface area contributed by atoms with Gasteiger partial charge in [0.2, 0.25) is 5.69 Å². The van der Waals surface area contributed by atoms with Crippen LogP contribution in [0.2, 0.25) is 0 Å². The fourth-order valence-electron chi connectivity index (χ4n) is 1.47. The molecule has 0 aliphatic carbocycles. The van der Waals surface area contributed by atoms with Gasteiger partial charge in [0.25, 0.3) is 0 Å². The van der Waals surface area contributed by atoms with E-state index in [1.807, 2.05) is 18.2 Å². The third-order valence-corrected chi connectivity index (χ3v) is 3.96. The van der Waals surface area contributed by atoms with Crippen LogP contribution < -0.4 is 54.8 Å². The van der Waals surface area contributed by atoms with E-state index in [0.717, 1.165) is 27.4 Å². The number of nitrogens with zero attached hydrogens (tertiary/aromatic N) is 1. The van der Waals surface area contributed by atoms with Gasteiger partial charge in [0.05, 0.1) is 32.4 Å². The van der Waals surface area contributed by atoms with Crippen molar-refractivity contribution >= 4 is 55.9 Å². The molecule has 2 aromatic carbocycles. The van der Waals surface area contributed by atoms with Gasteiger partial charge >= 0.3 is 29.6 Å². The standard InChI is InChI=1S/C8H6BrNO.C8H9BrO2.C2H4O2.ClH.H3NO.Na/c1-10-8-5-6(11-2)3-4-7(8)9;1-10-6-3-4-7(9)8(5-6)11-2;1-2(3)4;;1-2;/h3-5H,2H3;3-5H,1-2H3;1H3,(H,3,4);1H;2H,1H2;/q;;;;;+1/p-1. The average Bonchev–Trinajstić information content (AvgIpc) is 2.70. The summed E-state index contributed by atoms with van der Waals surface area (Å²) in [6, 6.07) is 10.9. The second kappa shape index (κ2) is 22.7. The number of carboxylic acid groups (broad SMARTS) is 1. The molecule has 0 spiro atoms. The Labute approximate surface area is 221 Å². The molecular weight excluding hydrogens is 558 g/mol. The first-order chi connectivity index (χ1) is 13.3. The van der Waals surface area contributed by atoms with E-state index in [0.29, 0.717) is 11.4 Å². The maximum atomic E-state index is 8.89. The molecule has 0 aromatic heterocycles. The van der Waals surface area contributed by atoms with E-state index in [1.165, 1.54) is 0 Å². The van der Waals surface area contributed by atoms with Crippen molar-refractivity contribution in [2.45, 2.75) is 6.92 Å². The zero-order valence-corrected chi connectivity index (χ0v) is 23.1. The predicted molar refractivity (Wildman–Crippen MR) is 118 cm³/mol. The molecule has 12 heteroatoms. The molecule has 0 bridgehead atoms. The predicted octanol–water partition coefficient (Wildman–Crippen LogP) is 0.991. The molecular formula is C18H22Br2ClN2NaO6. The minimum atomic E-state index is -1.08. The molecule has 0 atom stereocenters. The van der Waals surface area contributed by atoms with Crippen molar-refractivity contribution in [1.82, 2.24) is 0 Å². The van der Waals surface area contributed by atoms with Gasteiger partial charge in [-0.05, 0) is 47.1 Å². The second-order valence-corrected chi connectivity index (χ2v) is 6.13. The molecule has 0 aliphatic rings. The Balaban J connectivity index is -0.000000170. The monoisotopic (exact) mass is 578 g/mol. The molecule has 2 rings (SSSR count). The maximum absolute atomic E-state index is 8.89. The molecule has 0 heterocycles. The van der Waals surface area contributed by atoms with E-state index in [-0.39, 0.29) is 42.0 Å². The summed E-state index contributed by atoms with van der Waals surface area (Å²) in [5.41, 5.74) is 0.573. The fourth-order valence-corrected chi connectivity index (χ4v) is 2.22. The largest absolute Gasteiger partial charge is 1.00 e. The van der Waals surface area contributed by atoms with Crippen LogP contribution in [0.5, 0.6) is 17.2 Å². The van der Waals surface area contributed by atoms with Gasteiger partial charge in [-0.3, -0.25) is 0 Å². The Morgan fingerprint density at radius 3 is 1.77 bits per heavy atom. The summed E-state index contributed by atoms with van der Waals surface area (Å²) in [7, 11) is 4.83. The topological polar surface area (TPSA) is 118 Å². The Hall–Kier alpha value is -1.03. The number of rotatable bonds is 3. The third kappa shape index (κ3) is 16.7. The summed E-state index contributed by atoms with van der Waals surface area (Å²) in [5.74, 6) is 4.70. The van der Waals surface area contributed by atoms with E-state index in [2.05, 4.69) is 42.6 Å². The quantitative estimate of drug-likeness (QED) is 0.316. The first-order valence-corrected chi connectivity index (χ1v) is 8.89. The molecule has 0 fully saturated rings. The first kappa shape index (κ1) is 36.3. The Morgan fingerprint density at radius 2 is 1.40 bits per heavy atom. The number of carbonyl (C=O) groups is 1. The fraction of sp³-hybridized carbons (Fsp3) is 0.222. The van der Waals surface area contributed by atoms with Gasteiger partial charge in [-0.15, -0.1) is 12.4 Å². The zero-order chi connectivity index (χ0) is 22.1. The smallest absolute Gasteiger partial charge is 0.550 e. The molecule has 3 N–H and O–H groups in total. The van der Waals surface area contributed by atoms with Gasteiger partial charge in [-0.2, -0.15) is 0 Å². The molecule has 2 aromatic rings. The van der Waals surface area contributed by atoms with Crippen LogP contribution in [0.3, 0.4) is 0 Å². The van der Waals surface area contributed by atoms with Gasteiger partial charge in [0.15, 0.2) is 0 Å². The number of aliphatic carboxylic acids is 1. The number of nitrogens with two attached hydrogens (primary N) is 1. The number of halogens is 3. The molecule has 162 valence electrons. The van der Waals surface area contributed by atoms with Crippen LogP contribution in [0.1, 0.15) is 6.92 Å². The van der Waals surface area contributed by atoms with Crippen LogP contribution >= 0.6 is 44.3 Å². The maximum Gasteiger partial charge on any atom is 1.00 e. The molecule has 30 heavy (non-hydrogen) atoms. The van der Waals surface area contributed by atoms with Gasteiger partial charge < -0.3 is 29.3 Å². The third-order valence-electron chi connectivity index (χ3n) is 2.63. The minimum absolute atomic E-state index is 0. The van der Waals surface area contributed by atoms with Crippen molar-refractivity contribution in [2.75, 3.05) is 21.3 Å². The van der Waals surface area contributed by atoms with Crippen molar-refractivity contribution in [3.8, 4) is 17.2 Å². The molecule has 0 saturated heterocycles. The molecule has 0 aliphatic heterocycles. The van der Waals surface area contributed by atoms with E-state index in [9.17, 15) is 0 Å². The van der Waals surface area contributed by atoms with Gasteiger partial charge in [-0.1, -0.05) is 22.0 Å². The average molecular weight is 581 g/mol. The number of benzene rings is 2. The Morgan fingerprint density at radius 1 is 1.00 bits per heavy atom. The van der Waals surface area contributed by atoms with Crippen LogP contribution in [-0.4, -0.2) is 32.5 Å². The number of methoxy groups -OCH3 is 3. The van der Waals surface area contributed by atoms with E-state index < -0.39 is 5.97 Å². The minimum Gasteiger partial charge on any atom is -0.550 e. The molecule has 0 unspecified atom stereocenters. The van der Waals surface area contributed by atoms with Crippen molar-refractivity contribution < 1.29 is 58.9 Å².